The van der Waals surface area contributed by atoms with Crippen LogP contribution >= 0.6 is 0 Å². The van der Waals surface area contributed by atoms with E-state index in [-0.39, 0.29) is 23.2 Å². The lowest BCUT2D eigenvalue weighted by Crippen LogP contribution is -2.48. The number of piperazine rings is 1. The quantitative estimate of drug-likeness (QED) is 0.595. The Labute approximate surface area is 189 Å². The number of hydrogen-bond acceptors (Lipinski definition) is 4. The zero-order valence-electron chi connectivity index (χ0n) is 19.8. The maximum Gasteiger partial charge on any atom is 0.254 e. The standard InChI is InChI=1S/C25H32FN5O/c1-16(2)21-15-20(22-17(3)28-31(23(22)27-21)25(4,5)6)24(32)30-13-11-29(12-14-30)19-9-7-18(26)8-10-19/h7-10,15-16H,11-14H2,1-6H3. The van der Waals surface area contributed by atoms with Crippen molar-refractivity contribution in [3.63, 3.8) is 0 Å². The Hall–Kier alpha value is -2.96. The topological polar surface area (TPSA) is 54.3 Å². The van der Waals surface area contributed by atoms with E-state index >= 15 is 0 Å². The van der Waals surface area contributed by atoms with Crippen LogP contribution in [0.3, 0.4) is 0 Å². The largest absolute Gasteiger partial charge is 0.368 e. The summed E-state index contributed by atoms with van der Waals surface area (Å²) in [5, 5.41) is 5.60. The Kier molecular flexibility index (Phi) is 5.69. The van der Waals surface area contributed by atoms with Gasteiger partial charge >= 0.3 is 0 Å². The first-order valence-electron chi connectivity index (χ1n) is 11.3. The third kappa shape index (κ3) is 4.08. The van der Waals surface area contributed by atoms with Crippen LogP contribution in [-0.2, 0) is 5.54 Å². The lowest BCUT2D eigenvalue weighted by molar-refractivity contribution is 0.0748. The van der Waals surface area contributed by atoms with Gasteiger partial charge in [0.2, 0.25) is 0 Å². The van der Waals surface area contributed by atoms with E-state index in [0.717, 1.165) is 28.1 Å². The van der Waals surface area contributed by atoms with E-state index in [1.807, 2.05) is 22.6 Å². The summed E-state index contributed by atoms with van der Waals surface area (Å²) in [5.41, 5.74) is 3.92. The van der Waals surface area contributed by atoms with Gasteiger partial charge in [0.15, 0.2) is 5.65 Å². The molecule has 0 aliphatic carbocycles. The molecule has 0 unspecified atom stereocenters. The fourth-order valence-electron chi connectivity index (χ4n) is 4.23. The van der Waals surface area contributed by atoms with Gasteiger partial charge in [-0.1, -0.05) is 13.8 Å². The highest BCUT2D eigenvalue weighted by molar-refractivity contribution is 6.06. The number of fused-ring (bicyclic) bond motifs is 1. The maximum atomic E-state index is 13.7. The van der Waals surface area contributed by atoms with Crippen molar-refractivity contribution >= 4 is 22.6 Å². The average Bonchev–Trinajstić information content (AvgIpc) is 3.10. The van der Waals surface area contributed by atoms with Crippen LogP contribution in [0.1, 0.15) is 62.3 Å². The number of aryl methyl sites for hydroxylation is 1. The fraction of sp³-hybridized carbons (Fsp3) is 0.480. The zero-order chi connectivity index (χ0) is 23.2. The molecule has 7 heteroatoms. The van der Waals surface area contributed by atoms with Crippen molar-refractivity contribution in [1.82, 2.24) is 19.7 Å². The van der Waals surface area contributed by atoms with E-state index < -0.39 is 0 Å². The zero-order valence-corrected chi connectivity index (χ0v) is 19.8. The maximum absolute atomic E-state index is 13.7. The molecule has 1 amide bonds. The fourth-order valence-corrected chi connectivity index (χ4v) is 4.23. The summed E-state index contributed by atoms with van der Waals surface area (Å²) in [4.78, 5) is 22.7. The number of aromatic nitrogens is 3. The van der Waals surface area contributed by atoms with Crippen LogP contribution < -0.4 is 4.90 Å². The van der Waals surface area contributed by atoms with Gasteiger partial charge in [0.25, 0.3) is 5.91 Å². The summed E-state index contributed by atoms with van der Waals surface area (Å²) in [6, 6.07) is 8.48. The minimum absolute atomic E-state index is 0.0228. The first-order chi connectivity index (χ1) is 15.1. The predicted octanol–water partition coefficient (Wildman–Crippen LogP) is 4.72. The first kappa shape index (κ1) is 22.2. The van der Waals surface area contributed by atoms with E-state index in [2.05, 4.69) is 39.5 Å². The molecule has 6 nitrogen and oxygen atoms in total. The highest BCUT2D eigenvalue weighted by Gasteiger charge is 2.29. The molecule has 0 atom stereocenters. The van der Waals surface area contributed by atoms with E-state index in [1.54, 1.807) is 12.1 Å². The number of carbonyl (C=O) groups excluding carboxylic acids is 1. The molecule has 1 saturated heterocycles. The number of carbonyl (C=O) groups is 1. The van der Waals surface area contributed by atoms with Crippen molar-refractivity contribution in [2.45, 2.75) is 53.0 Å². The van der Waals surface area contributed by atoms with Crippen molar-refractivity contribution in [3.8, 4) is 0 Å². The molecule has 1 fully saturated rings. The first-order valence-corrected chi connectivity index (χ1v) is 11.3. The molecule has 1 aromatic carbocycles. The van der Waals surface area contributed by atoms with Crippen molar-refractivity contribution in [3.05, 3.63) is 53.1 Å². The number of halogens is 1. The highest BCUT2D eigenvalue weighted by Crippen LogP contribution is 2.30. The van der Waals surface area contributed by atoms with Crippen molar-refractivity contribution in [2.24, 2.45) is 0 Å². The van der Waals surface area contributed by atoms with Crippen LogP contribution in [0.2, 0.25) is 0 Å². The van der Waals surface area contributed by atoms with Crippen LogP contribution in [0.4, 0.5) is 10.1 Å². The molecule has 0 spiro atoms. The molecule has 4 rings (SSSR count). The van der Waals surface area contributed by atoms with Crippen LogP contribution in [-0.4, -0.2) is 51.8 Å². The molecule has 0 saturated carbocycles. The molecular weight excluding hydrogens is 405 g/mol. The molecule has 170 valence electrons. The van der Waals surface area contributed by atoms with E-state index in [0.29, 0.717) is 31.7 Å². The Morgan fingerprint density at radius 3 is 2.25 bits per heavy atom. The third-order valence-corrected chi connectivity index (χ3v) is 6.05. The molecule has 3 aromatic rings. The summed E-state index contributed by atoms with van der Waals surface area (Å²) < 4.78 is 15.2. The summed E-state index contributed by atoms with van der Waals surface area (Å²) in [6.07, 6.45) is 0. The summed E-state index contributed by atoms with van der Waals surface area (Å²) in [7, 11) is 0. The van der Waals surface area contributed by atoms with Gasteiger partial charge < -0.3 is 9.80 Å². The summed E-state index contributed by atoms with van der Waals surface area (Å²) in [5.74, 6) is -0.0177. The van der Waals surface area contributed by atoms with E-state index in [9.17, 15) is 9.18 Å². The van der Waals surface area contributed by atoms with Gasteiger partial charge in [0, 0.05) is 37.6 Å². The molecule has 3 heterocycles. The molecule has 1 aliphatic rings. The molecule has 0 N–H and O–H groups in total. The molecule has 0 bridgehead atoms. The average molecular weight is 438 g/mol. The smallest absolute Gasteiger partial charge is 0.254 e. The Bertz CT molecular complexity index is 1140. The lowest BCUT2D eigenvalue weighted by Gasteiger charge is -2.36. The number of pyridine rings is 1. The molecule has 0 radical (unpaired) electrons. The van der Waals surface area contributed by atoms with E-state index in [1.165, 1.54) is 12.1 Å². The van der Waals surface area contributed by atoms with Gasteiger partial charge in [-0.3, -0.25) is 4.79 Å². The molecule has 2 aromatic heterocycles. The van der Waals surface area contributed by atoms with Gasteiger partial charge in [-0.25, -0.2) is 14.1 Å². The van der Waals surface area contributed by atoms with Gasteiger partial charge in [-0.15, -0.1) is 0 Å². The van der Waals surface area contributed by atoms with Crippen molar-refractivity contribution in [1.29, 1.82) is 0 Å². The second kappa shape index (κ2) is 8.19. The van der Waals surface area contributed by atoms with Gasteiger partial charge in [0.1, 0.15) is 5.82 Å². The van der Waals surface area contributed by atoms with Crippen LogP contribution in [0.5, 0.6) is 0 Å². The van der Waals surface area contributed by atoms with Crippen LogP contribution in [0.15, 0.2) is 30.3 Å². The number of nitrogens with zero attached hydrogens (tertiary/aromatic N) is 5. The normalized spacial score (nSPS) is 15.1. The Morgan fingerprint density at radius 1 is 1.06 bits per heavy atom. The number of anilines is 1. The van der Waals surface area contributed by atoms with Crippen molar-refractivity contribution in [2.75, 3.05) is 31.1 Å². The number of benzene rings is 1. The summed E-state index contributed by atoms with van der Waals surface area (Å²) >= 11 is 0. The molecular formula is C25H32FN5O. The monoisotopic (exact) mass is 437 g/mol. The Balaban J connectivity index is 1.66. The second-order valence-electron chi connectivity index (χ2n) is 9.87. The van der Waals surface area contributed by atoms with E-state index in [4.69, 9.17) is 10.1 Å². The minimum atomic E-state index is -0.240. The van der Waals surface area contributed by atoms with Crippen LogP contribution in [0.25, 0.3) is 11.0 Å². The predicted molar refractivity (Wildman–Crippen MR) is 126 cm³/mol. The second-order valence-corrected chi connectivity index (χ2v) is 9.87. The SMILES string of the molecule is Cc1nn(C(C)(C)C)c2nc(C(C)C)cc(C(=O)N3CCN(c4ccc(F)cc4)CC3)c12. The van der Waals surface area contributed by atoms with Gasteiger partial charge in [0.05, 0.1) is 22.2 Å². The number of rotatable bonds is 3. The Morgan fingerprint density at radius 2 is 1.69 bits per heavy atom. The van der Waals surface area contributed by atoms with Crippen molar-refractivity contribution < 1.29 is 9.18 Å². The summed E-state index contributed by atoms with van der Waals surface area (Å²) in [6.45, 7) is 15.1. The third-order valence-electron chi connectivity index (χ3n) is 6.05. The number of hydrogen-bond donors (Lipinski definition) is 0. The lowest BCUT2D eigenvalue weighted by atomic mass is 10.0. The van der Waals surface area contributed by atoms with Crippen LogP contribution in [0, 0.1) is 12.7 Å². The highest BCUT2D eigenvalue weighted by atomic mass is 19.1. The van der Waals surface area contributed by atoms with Gasteiger partial charge in [-0.05, 0) is 63.9 Å². The van der Waals surface area contributed by atoms with Gasteiger partial charge in [-0.2, -0.15) is 5.10 Å². The molecule has 32 heavy (non-hydrogen) atoms. The number of amides is 1. The molecule has 1 aliphatic heterocycles. The minimum Gasteiger partial charge on any atom is -0.368 e.